The van der Waals surface area contributed by atoms with E-state index in [1.807, 2.05) is 0 Å². The monoisotopic (exact) mass is 442 g/mol. The van der Waals surface area contributed by atoms with Gasteiger partial charge in [-0.05, 0) is 47.5 Å². The highest BCUT2D eigenvalue weighted by Crippen LogP contribution is 2.30. The Morgan fingerprint density at radius 1 is 0.926 bits per heavy atom. The molecule has 2 aromatic rings. The summed E-state index contributed by atoms with van der Waals surface area (Å²) in [4.78, 5) is -0.972. The Hall–Kier alpha value is -1.61. The van der Waals surface area contributed by atoms with Crippen LogP contribution < -0.4 is 0 Å². The molecule has 0 amide bonds. The van der Waals surface area contributed by atoms with Crippen LogP contribution in [0.1, 0.15) is 11.1 Å². The molecule has 27 heavy (non-hydrogen) atoms. The maximum Gasteiger partial charge on any atom is 0.269 e. The Kier molecular flexibility index (Phi) is 6.91. The van der Waals surface area contributed by atoms with Gasteiger partial charge in [-0.15, -0.1) is 4.33 Å². The van der Waals surface area contributed by atoms with Gasteiger partial charge in [-0.2, -0.15) is 8.42 Å². The quantitative estimate of drug-likeness (QED) is 0.158. The molecule has 0 saturated heterocycles. The van der Waals surface area contributed by atoms with E-state index in [9.17, 15) is 25.6 Å². The lowest BCUT2D eigenvalue weighted by atomic mass is 10.2. The zero-order valence-corrected chi connectivity index (χ0v) is 15.7. The highest BCUT2D eigenvalue weighted by atomic mass is 32.2. The summed E-state index contributed by atoms with van der Waals surface area (Å²) in [5.41, 5.74) is -0.574. The fourth-order valence-electron chi connectivity index (χ4n) is 2.27. The standard InChI is InChI=1S/C14H12F2O8S3/c15-11-1-3-13(9(5-11)7-25-24-23-17)27(21,22)14-4-2-12(16)6-10(14)8-26(18,19)20/h1-6,17H,7-8H2,(H,18,19,20). The number of sulfone groups is 1. The molecule has 0 atom stereocenters. The fraction of sp³-hybridized carbons (Fsp3) is 0.143. The van der Waals surface area contributed by atoms with Gasteiger partial charge < -0.3 is 0 Å². The molecule has 0 aromatic heterocycles. The molecule has 0 aliphatic rings. The van der Waals surface area contributed by atoms with Gasteiger partial charge in [0.05, 0.1) is 9.79 Å². The van der Waals surface area contributed by atoms with Crippen LogP contribution in [0.3, 0.4) is 0 Å². The van der Waals surface area contributed by atoms with E-state index in [0.717, 1.165) is 30.3 Å². The van der Waals surface area contributed by atoms with Crippen LogP contribution in [0.15, 0.2) is 46.2 Å². The maximum atomic E-state index is 13.5. The lowest BCUT2D eigenvalue weighted by Crippen LogP contribution is -2.12. The average Bonchev–Trinajstić information content (AvgIpc) is 2.53. The molecule has 0 aliphatic carbocycles. The zero-order valence-electron chi connectivity index (χ0n) is 13.2. The van der Waals surface area contributed by atoms with Crippen molar-refractivity contribution >= 4 is 32.0 Å². The van der Waals surface area contributed by atoms with Crippen molar-refractivity contribution < 1.29 is 44.8 Å². The van der Waals surface area contributed by atoms with Crippen LogP contribution in [0.5, 0.6) is 0 Å². The van der Waals surface area contributed by atoms with Crippen LogP contribution in [-0.4, -0.2) is 26.6 Å². The highest BCUT2D eigenvalue weighted by molar-refractivity contribution is 7.94. The Morgan fingerprint density at radius 2 is 1.44 bits per heavy atom. The maximum absolute atomic E-state index is 13.5. The summed E-state index contributed by atoms with van der Waals surface area (Å²) >= 11 is 0.458. The van der Waals surface area contributed by atoms with E-state index in [-0.39, 0.29) is 11.3 Å². The second-order valence-electron chi connectivity index (χ2n) is 5.14. The SMILES string of the molecule is O=S(=O)(O)Cc1cc(F)ccc1S(=O)(=O)c1ccc(F)cc1CSOOO. The molecule has 0 unspecified atom stereocenters. The first-order valence-corrected chi connectivity index (χ1v) is 10.9. The predicted molar refractivity (Wildman–Crippen MR) is 89.6 cm³/mol. The van der Waals surface area contributed by atoms with Crippen molar-refractivity contribution in [2.75, 3.05) is 0 Å². The minimum Gasteiger partial charge on any atom is -0.285 e. The molecule has 0 saturated carbocycles. The van der Waals surface area contributed by atoms with Crippen LogP contribution in [0, 0.1) is 11.6 Å². The van der Waals surface area contributed by atoms with Crippen LogP contribution in [0.4, 0.5) is 8.78 Å². The van der Waals surface area contributed by atoms with Gasteiger partial charge in [0.2, 0.25) is 9.84 Å². The Balaban J connectivity index is 2.60. The van der Waals surface area contributed by atoms with E-state index in [1.165, 1.54) is 0 Å². The van der Waals surface area contributed by atoms with Crippen LogP contribution >= 0.6 is 12.0 Å². The van der Waals surface area contributed by atoms with E-state index >= 15 is 0 Å². The minimum atomic E-state index is -4.65. The molecule has 8 nitrogen and oxygen atoms in total. The van der Waals surface area contributed by atoms with Crippen molar-refractivity contribution in [1.82, 2.24) is 0 Å². The molecule has 0 radical (unpaired) electrons. The Labute approximate surface area is 157 Å². The van der Waals surface area contributed by atoms with Crippen molar-refractivity contribution in [3.05, 3.63) is 59.2 Å². The molecular formula is C14H12F2O8S3. The van der Waals surface area contributed by atoms with E-state index in [4.69, 9.17) is 9.81 Å². The van der Waals surface area contributed by atoms with Gasteiger partial charge in [0, 0.05) is 17.8 Å². The van der Waals surface area contributed by atoms with E-state index in [0.29, 0.717) is 18.1 Å². The van der Waals surface area contributed by atoms with Gasteiger partial charge in [-0.25, -0.2) is 22.5 Å². The third-order valence-corrected chi connectivity index (χ3v) is 6.47. The van der Waals surface area contributed by atoms with Gasteiger partial charge >= 0.3 is 0 Å². The van der Waals surface area contributed by atoms with Gasteiger partial charge in [0.1, 0.15) is 17.4 Å². The zero-order chi connectivity index (χ0) is 20.2. The van der Waals surface area contributed by atoms with E-state index < -0.39 is 52.7 Å². The highest BCUT2D eigenvalue weighted by Gasteiger charge is 2.26. The molecule has 13 heteroatoms. The number of hydrogen-bond acceptors (Lipinski definition) is 8. The number of halogens is 2. The molecule has 0 aliphatic heterocycles. The van der Waals surface area contributed by atoms with Gasteiger partial charge in [0.15, 0.2) is 0 Å². The third-order valence-electron chi connectivity index (χ3n) is 3.25. The summed E-state index contributed by atoms with van der Waals surface area (Å²) in [5, 5.41) is 11.5. The lowest BCUT2D eigenvalue weighted by Gasteiger charge is -2.13. The summed E-state index contributed by atoms with van der Waals surface area (Å²) in [6, 6.07) is 5.03. The summed E-state index contributed by atoms with van der Waals surface area (Å²) in [5.74, 6) is -3.06. The van der Waals surface area contributed by atoms with Crippen LogP contribution in [0.25, 0.3) is 0 Å². The smallest absolute Gasteiger partial charge is 0.269 e. The molecule has 0 heterocycles. The normalized spacial score (nSPS) is 12.3. The Morgan fingerprint density at radius 3 is 1.96 bits per heavy atom. The molecule has 2 aromatic carbocycles. The Bertz CT molecular complexity index is 1040. The average molecular weight is 442 g/mol. The number of hydrogen-bond donors (Lipinski definition) is 2. The second kappa shape index (κ2) is 8.60. The van der Waals surface area contributed by atoms with Crippen molar-refractivity contribution in [2.24, 2.45) is 0 Å². The van der Waals surface area contributed by atoms with E-state index in [1.54, 1.807) is 0 Å². The first kappa shape index (κ1) is 21.7. The second-order valence-corrected chi connectivity index (χ2v) is 9.14. The van der Waals surface area contributed by atoms with Crippen LogP contribution in [-0.2, 0) is 40.8 Å². The van der Waals surface area contributed by atoms with Gasteiger partial charge in [-0.3, -0.25) is 4.55 Å². The summed E-state index contributed by atoms with van der Waals surface area (Å²) in [6.07, 6.45) is 0. The van der Waals surface area contributed by atoms with Crippen molar-refractivity contribution in [1.29, 1.82) is 0 Å². The van der Waals surface area contributed by atoms with E-state index in [2.05, 4.69) is 9.37 Å². The van der Waals surface area contributed by atoms with Crippen LogP contribution in [0.2, 0.25) is 0 Å². The topological polar surface area (TPSA) is 127 Å². The van der Waals surface area contributed by atoms with Gasteiger partial charge in [-0.1, -0.05) is 5.04 Å². The molecule has 148 valence electrons. The molecule has 2 N–H and O–H groups in total. The first-order valence-electron chi connectivity index (χ1n) is 6.91. The summed E-state index contributed by atoms with van der Waals surface area (Å²) in [7, 11) is -9.08. The largest absolute Gasteiger partial charge is 0.285 e. The molecule has 0 spiro atoms. The first-order chi connectivity index (χ1) is 12.5. The summed E-state index contributed by atoms with van der Waals surface area (Å²) in [6.45, 7) is 0. The molecule has 2 rings (SSSR count). The molecule has 0 bridgehead atoms. The molecular weight excluding hydrogens is 430 g/mol. The predicted octanol–water partition coefficient (Wildman–Crippen LogP) is 2.75. The third kappa shape index (κ3) is 5.68. The minimum absolute atomic E-state index is 0.0841. The number of benzene rings is 2. The lowest BCUT2D eigenvalue weighted by molar-refractivity contribution is -0.432. The fourth-order valence-corrected chi connectivity index (χ4v) is 5.23. The molecule has 0 fully saturated rings. The van der Waals surface area contributed by atoms with Crippen molar-refractivity contribution in [3.63, 3.8) is 0 Å². The van der Waals surface area contributed by atoms with Gasteiger partial charge in [0.25, 0.3) is 10.1 Å². The van der Waals surface area contributed by atoms with Crippen molar-refractivity contribution in [3.8, 4) is 0 Å². The van der Waals surface area contributed by atoms with Crippen molar-refractivity contribution in [2.45, 2.75) is 21.3 Å². The number of rotatable bonds is 8. The summed E-state index contributed by atoms with van der Waals surface area (Å²) < 4.78 is 88.4.